The van der Waals surface area contributed by atoms with E-state index < -0.39 is 4.89 Å². The van der Waals surface area contributed by atoms with Crippen LogP contribution in [0.3, 0.4) is 0 Å². The number of nitrogens with zero attached hydrogens (tertiary/aromatic N) is 2. The summed E-state index contributed by atoms with van der Waals surface area (Å²) in [5, 5.41) is 0.879. The molecule has 0 aromatic heterocycles. The molecule has 0 bridgehead atoms. The molecule has 0 aliphatic carbocycles. The van der Waals surface area contributed by atoms with Crippen molar-refractivity contribution in [2.45, 2.75) is 13.5 Å². The van der Waals surface area contributed by atoms with E-state index in [2.05, 4.69) is 40.9 Å². The van der Waals surface area contributed by atoms with Gasteiger partial charge < -0.3 is 4.90 Å². The van der Waals surface area contributed by atoms with Crippen molar-refractivity contribution in [2.24, 2.45) is 4.76 Å². The maximum atomic E-state index is 5.87. The molecule has 0 radical (unpaired) electrons. The van der Waals surface area contributed by atoms with Crippen LogP contribution in [0.2, 0.25) is 0 Å². The highest BCUT2D eigenvalue weighted by Gasteiger charge is 2.22. The predicted octanol–water partition coefficient (Wildman–Crippen LogP) is 4.60. The second-order valence-corrected chi connectivity index (χ2v) is 12.4. The van der Waals surface area contributed by atoms with E-state index in [1.165, 1.54) is 11.1 Å². The first-order valence-corrected chi connectivity index (χ1v) is 11.0. The van der Waals surface area contributed by atoms with Crippen LogP contribution >= 0.6 is 39.1 Å². The molecule has 7 heteroatoms. The lowest BCUT2D eigenvalue weighted by Crippen LogP contribution is -2.23. The Morgan fingerprint density at radius 2 is 2.06 bits per heavy atom. The Hall–Kier alpha value is 0.270. The molecule has 1 aromatic carbocycles. The molecule has 98 valence electrons. The van der Waals surface area contributed by atoms with Crippen molar-refractivity contribution in [3.05, 3.63) is 35.4 Å². The fourth-order valence-electron chi connectivity index (χ4n) is 1.69. The third-order valence-corrected chi connectivity index (χ3v) is 4.81. The normalized spacial score (nSPS) is 18.6. The summed E-state index contributed by atoms with van der Waals surface area (Å²) in [5.41, 5.74) is 2.52. The van der Waals surface area contributed by atoms with Crippen molar-refractivity contribution in [3.63, 3.8) is 0 Å². The number of benzene rings is 1. The molecule has 2 nitrogen and oxygen atoms in total. The minimum atomic E-state index is -2.56. The van der Waals surface area contributed by atoms with E-state index in [9.17, 15) is 0 Å². The molecule has 0 unspecified atom stereocenters. The van der Waals surface area contributed by atoms with Crippen LogP contribution in [0.15, 0.2) is 29.0 Å². The van der Waals surface area contributed by atoms with E-state index >= 15 is 0 Å². The standard InChI is InChI=1S/C11H13Cl2N2PS2/c1-9-2-4-10(5-3-9)8-15-6-7-18-11(15)14-16(12,13)17/h2-5H,6-8H2,1H3/b14-11-. The molecule has 1 saturated heterocycles. The summed E-state index contributed by atoms with van der Waals surface area (Å²) in [6.45, 7) is 3.87. The first kappa shape index (κ1) is 14.7. The lowest BCUT2D eigenvalue weighted by atomic mass is 10.1. The summed E-state index contributed by atoms with van der Waals surface area (Å²) in [5.74, 6) is 1.01. The topological polar surface area (TPSA) is 15.6 Å². The third-order valence-electron chi connectivity index (χ3n) is 2.56. The minimum Gasteiger partial charge on any atom is -0.346 e. The molecule has 1 aromatic rings. The maximum absolute atomic E-state index is 5.87. The Morgan fingerprint density at radius 1 is 1.39 bits per heavy atom. The maximum Gasteiger partial charge on any atom is 0.228 e. The zero-order valence-corrected chi connectivity index (χ0v) is 13.9. The van der Waals surface area contributed by atoms with Gasteiger partial charge in [0.15, 0.2) is 5.17 Å². The molecule has 0 amide bonds. The molecule has 2 rings (SSSR count). The molecule has 1 fully saturated rings. The lowest BCUT2D eigenvalue weighted by Gasteiger charge is -2.18. The SMILES string of the molecule is Cc1ccc(CN2CCS/C2=N\P(=S)(Cl)Cl)cc1. The zero-order chi connectivity index (χ0) is 13.2. The highest BCUT2D eigenvalue weighted by molar-refractivity contribution is 8.38. The van der Waals surface area contributed by atoms with E-state index in [0.29, 0.717) is 0 Å². The predicted molar refractivity (Wildman–Crippen MR) is 87.5 cm³/mol. The largest absolute Gasteiger partial charge is 0.346 e. The summed E-state index contributed by atoms with van der Waals surface area (Å²) in [6.07, 6.45) is 0. The van der Waals surface area contributed by atoms with Crippen molar-refractivity contribution in [3.8, 4) is 0 Å². The summed E-state index contributed by atoms with van der Waals surface area (Å²) in [4.78, 5) is -0.380. The van der Waals surface area contributed by atoms with Gasteiger partial charge in [0, 0.05) is 18.8 Å². The number of thioether (sulfide) groups is 1. The van der Waals surface area contributed by atoms with Crippen LogP contribution in [-0.4, -0.2) is 22.4 Å². The fourth-order valence-corrected chi connectivity index (χ4v) is 4.53. The van der Waals surface area contributed by atoms with Crippen LogP contribution in [0.4, 0.5) is 0 Å². The molecule has 18 heavy (non-hydrogen) atoms. The number of amidine groups is 1. The Labute approximate surface area is 126 Å². The molecule has 0 saturated carbocycles. The van der Waals surface area contributed by atoms with Gasteiger partial charge in [-0.3, -0.25) is 0 Å². The second kappa shape index (κ2) is 6.15. The van der Waals surface area contributed by atoms with Crippen molar-refractivity contribution >= 4 is 56.1 Å². The smallest absolute Gasteiger partial charge is 0.228 e. The van der Waals surface area contributed by atoms with Gasteiger partial charge >= 0.3 is 0 Å². The van der Waals surface area contributed by atoms with Crippen LogP contribution in [0.1, 0.15) is 11.1 Å². The van der Waals surface area contributed by atoms with Gasteiger partial charge in [-0.05, 0) is 46.8 Å². The first-order valence-electron chi connectivity index (χ1n) is 5.47. The fraction of sp³-hybridized carbons (Fsp3) is 0.364. The van der Waals surface area contributed by atoms with E-state index in [-0.39, 0.29) is 0 Å². The van der Waals surface area contributed by atoms with Gasteiger partial charge in [-0.2, -0.15) is 4.76 Å². The van der Waals surface area contributed by atoms with Crippen LogP contribution in [0.25, 0.3) is 0 Å². The molecular formula is C11H13Cl2N2PS2. The quantitative estimate of drug-likeness (QED) is 0.749. The Kier molecular flexibility index (Phi) is 5.01. The average molecular weight is 339 g/mol. The summed E-state index contributed by atoms with van der Waals surface area (Å²) in [7, 11) is 0. The monoisotopic (exact) mass is 338 g/mol. The number of halogens is 2. The zero-order valence-electron chi connectivity index (χ0n) is 9.84. The summed E-state index contributed by atoms with van der Waals surface area (Å²) >= 11 is 18.4. The highest BCUT2D eigenvalue weighted by Crippen LogP contribution is 2.59. The molecule has 0 spiro atoms. The highest BCUT2D eigenvalue weighted by atomic mass is 35.9. The lowest BCUT2D eigenvalue weighted by molar-refractivity contribution is 0.458. The van der Waals surface area contributed by atoms with E-state index in [0.717, 1.165) is 24.0 Å². The van der Waals surface area contributed by atoms with Gasteiger partial charge in [0.1, 0.15) is 0 Å². The Morgan fingerprint density at radius 3 is 2.67 bits per heavy atom. The molecular weight excluding hydrogens is 326 g/mol. The second-order valence-electron chi connectivity index (χ2n) is 4.07. The van der Waals surface area contributed by atoms with E-state index in [4.69, 9.17) is 34.3 Å². The third kappa shape index (κ3) is 4.43. The van der Waals surface area contributed by atoms with Crippen molar-refractivity contribution < 1.29 is 0 Å². The summed E-state index contributed by atoms with van der Waals surface area (Å²) < 4.78 is 4.27. The van der Waals surface area contributed by atoms with Crippen LogP contribution in [0, 0.1) is 6.92 Å². The van der Waals surface area contributed by atoms with Gasteiger partial charge in [-0.15, -0.1) is 0 Å². The average Bonchev–Trinajstić information content (AvgIpc) is 2.67. The molecule has 0 N–H and O–H groups in total. The van der Waals surface area contributed by atoms with Crippen molar-refractivity contribution in [1.82, 2.24) is 4.90 Å². The van der Waals surface area contributed by atoms with Crippen LogP contribution < -0.4 is 0 Å². The van der Waals surface area contributed by atoms with Gasteiger partial charge in [0.2, 0.25) is 4.89 Å². The Bertz CT molecular complexity index is 498. The number of hydrogen-bond acceptors (Lipinski definition) is 2. The number of aryl methyl sites for hydroxylation is 1. The molecule has 0 atom stereocenters. The van der Waals surface area contributed by atoms with E-state index in [1.54, 1.807) is 11.8 Å². The van der Waals surface area contributed by atoms with Gasteiger partial charge in [-0.1, -0.05) is 41.6 Å². The van der Waals surface area contributed by atoms with E-state index in [1.807, 2.05) is 0 Å². The summed E-state index contributed by atoms with van der Waals surface area (Å²) in [6, 6.07) is 8.49. The Balaban J connectivity index is 2.11. The molecule has 1 heterocycles. The van der Waals surface area contributed by atoms with Crippen LogP contribution in [0.5, 0.6) is 0 Å². The van der Waals surface area contributed by atoms with Gasteiger partial charge in [-0.25, -0.2) is 0 Å². The van der Waals surface area contributed by atoms with Crippen molar-refractivity contribution in [2.75, 3.05) is 12.3 Å². The van der Waals surface area contributed by atoms with Crippen molar-refractivity contribution in [1.29, 1.82) is 0 Å². The first-order chi connectivity index (χ1) is 8.44. The molecule has 1 aliphatic rings. The molecule has 1 aliphatic heterocycles. The van der Waals surface area contributed by atoms with Gasteiger partial charge in [0.05, 0.1) is 0 Å². The number of rotatable bonds is 3. The van der Waals surface area contributed by atoms with Crippen LogP contribution in [-0.2, 0) is 18.4 Å². The number of hydrogen-bond donors (Lipinski definition) is 0. The minimum absolute atomic E-state index is 0.829. The van der Waals surface area contributed by atoms with Gasteiger partial charge in [0.25, 0.3) is 0 Å².